The van der Waals surface area contributed by atoms with Gasteiger partial charge in [-0.1, -0.05) is 184 Å². The van der Waals surface area contributed by atoms with Crippen LogP contribution in [0.25, 0.3) is 22.1 Å². The van der Waals surface area contributed by atoms with Gasteiger partial charge in [-0.3, -0.25) is 33.9 Å². The number of fused-ring (bicyclic) bond motifs is 4. The number of aryl methyl sites for hydroxylation is 1. The smallest absolute Gasteiger partial charge is 0.278 e. The molecule has 2 N–H and O–H groups in total. The summed E-state index contributed by atoms with van der Waals surface area (Å²) >= 11 is 0. The predicted molar refractivity (Wildman–Crippen MR) is 536 cm³/mol. The van der Waals surface area contributed by atoms with E-state index in [0.29, 0.717) is 175 Å². The molecule has 0 fully saturated rings. The van der Waals surface area contributed by atoms with Gasteiger partial charge in [-0.25, -0.2) is 18.0 Å². The second-order valence-electron chi connectivity index (χ2n) is 37.7. The van der Waals surface area contributed by atoms with Crippen LogP contribution in [0.5, 0.6) is 0 Å². The predicted octanol–water partition coefficient (Wildman–Crippen LogP) is 17.5. The highest BCUT2D eigenvalue weighted by Crippen LogP contribution is 2.48. The number of allylic oxidation sites excluding steroid dienone is 6. The first kappa shape index (κ1) is 116. The van der Waals surface area contributed by atoms with E-state index in [1.165, 1.54) is 33.9 Å². The number of azo groups is 1. The van der Waals surface area contributed by atoms with E-state index in [0.717, 1.165) is 37.2 Å². The molecule has 0 aliphatic carbocycles. The van der Waals surface area contributed by atoms with Crippen molar-refractivity contribution < 1.29 is 91.9 Å². The topological polar surface area (TPSA) is 341 Å². The van der Waals surface area contributed by atoms with Crippen LogP contribution in [-0.4, -0.2) is 217 Å². The number of sulfone groups is 1. The fourth-order valence-corrected chi connectivity index (χ4v) is 15.4. The average molecular weight is 1920 g/mol. The van der Waals surface area contributed by atoms with Crippen molar-refractivity contribution in [2.75, 3.05) is 149 Å². The Labute approximate surface area is 812 Å². The molecular formula is C106H148ClN11O17S. The number of nitrogens with zero attached hydrogens (tertiary/aromatic N) is 9. The van der Waals surface area contributed by atoms with E-state index >= 15 is 0 Å². The van der Waals surface area contributed by atoms with Crippen LogP contribution in [0, 0.1) is 35.0 Å². The Morgan fingerprint density at radius 3 is 1.55 bits per heavy atom. The van der Waals surface area contributed by atoms with Crippen LogP contribution in [0.4, 0.5) is 28.4 Å². The van der Waals surface area contributed by atoms with E-state index in [-0.39, 0.29) is 92.8 Å². The molecule has 11 rings (SSSR count). The number of unbranched alkanes of at least 4 members (excludes halogenated alkanes) is 2. The number of hydrogen-bond acceptors (Lipinski definition) is 25. The van der Waals surface area contributed by atoms with E-state index in [4.69, 9.17) is 37.9 Å². The maximum absolute atomic E-state index is 12.7. The normalized spacial score (nSPS) is 13.6. The number of carbonyl (C=O) groups excluding carboxylic acids is 5. The number of hydrogen-bond donors (Lipinski definition) is 2. The van der Waals surface area contributed by atoms with Crippen molar-refractivity contribution in [3.05, 3.63) is 226 Å². The highest BCUT2D eigenvalue weighted by Gasteiger charge is 2.43. The van der Waals surface area contributed by atoms with Gasteiger partial charge in [0, 0.05) is 120 Å². The maximum Gasteiger partial charge on any atom is 0.278 e. The lowest BCUT2D eigenvalue weighted by Crippen LogP contribution is -3.00. The van der Waals surface area contributed by atoms with Gasteiger partial charge in [0.1, 0.15) is 35.3 Å². The summed E-state index contributed by atoms with van der Waals surface area (Å²) in [6, 6.07) is 45.7. The molecular weight excluding hydrogens is 1770 g/mol. The molecule has 2 aliphatic rings. The third-order valence-electron chi connectivity index (χ3n) is 22.0. The molecule has 28 nitrogen and oxygen atoms in total. The summed E-state index contributed by atoms with van der Waals surface area (Å²) in [6.07, 6.45) is 15.7. The number of nitrogens with one attached hydrogen (secondary N) is 2. The number of para-hydroxylation sites is 4. The van der Waals surface area contributed by atoms with Gasteiger partial charge >= 0.3 is 0 Å². The molecule has 0 unspecified atom stereocenters. The quantitative estimate of drug-likeness (QED) is 0.0118. The minimum absolute atomic E-state index is 0. The fourth-order valence-electron chi connectivity index (χ4n) is 14.1. The molecule has 742 valence electrons. The number of rotatable bonds is 46. The molecule has 0 saturated carbocycles. The van der Waals surface area contributed by atoms with E-state index < -0.39 is 20.8 Å². The minimum Gasteiger partial charge on any atom is -1.00 e. The number of ether oxygens (including phenoxy) is 8. The fraction of sp³-hybridized carbons (Fsp3) is 0.500. The number of ketones is 5. The Morgan fingerprint density at radius 2 is 1.03 bits per heavy atom. The molecule has 0 bridgehead atoms. The zero-order valence-electron chi connectivity index (χ0n) is 83.1. The van der Waals surface area contributed by atoms with E-state index in [2.05, 4.69) is 168 Å². The van der Waals surface area contributed by atoms with Crippen molar-refractivity contribution in [1.82, 2.24) is 30.5 Å². The zero-order valence-corrected chi connectivity index (χ0v) is 84.7. The lowest BCUT2D eigenvalue weighted by molar-refractivity contribution is -0.401. The highest BCUT2D eigenvalue weighted by atomic mass is 35.5. The van der Waals surface area contributed by atoms with Gasteiger partial charge in [0.2, 0.25) is 5.69 Å². The summed E-state index contributed by atoms with van der Waals surface area (Å²) in [5, 5.41) is 22.5. The maximum atomic E-state index is 12.7. The van der Waals surface area contributed by atoms with Crippen LogP contribution in [-0.2, 0) is 68.2 Å². The van der Waals surface area contributed by atoms with Crippen molar-refractivity contribution >= 4 is 95.0 Å². The standard InChI is InChI=1S/C37H59N3O11S.C35H45N2O.C13H14N2O2.C11H12N2O2.C9H14N2O.CH4.ClH/c1-32(2)37(41)14-16-45-18-20-47-22-24-49-26-28-51-30-29-50-27-25-48-23-21-46-19-17-44-15-5-31-52(42,43)36-12-8-34(9-13-36)39-38-33-6-10-35(11-7-33)40(3)4;1-26(2)31(38)22-10-9-17-25-37-30-21-16-14-19-28(30)35(5,6)33(37)24-12-8-11-23-32-34(3,4)27-18-13-15-20-29(27)36(32)7;1-13(2,3)11(16)10-12(17)15-9-7-5-4-6-8(9)14-10;1-11(2,3)10(14)7-4-5-8-9(6-7)13-15-12-8;1-6-5-7(11-10-6)8(12)9(2,3)4;;/h6-13,32H,5,14-31H2,1-4H3;8,11-16,18-21,23-24,26H,9-10,17,22,25H2,1-7H3;4-7H,1-3H3,(H,15,17);4-6H,1-3H3;5H,1-4H3,(H,10,11);1H4;1H/q;+1;;;;;/p-1. The van der Waals surface area contributed by atoms with Crippen LogP contribution < -0.4 is 27.8 Å². The van der Waals surface area contributed by atoms with Gasteiger partial charge in [-0.05, 0) is 153 Å². The van der Waals surface area contributed by atoms with Crippen LogP contribution in [0.3, 0.4) is 0 Å². The second kappa shape index (κ2) is 57.0. The Bertz CT molecular complexity index is 5580. The number of halogens is 1. The monoisotopic (exact) mass is 1910 g/mol. The van der Waals surface area contributed by atoms with Gasteiger partial charge in [0.05, 0.1) is 138 Å². The third kappa shape index (κ3) is 37.4. The van der Waals surface area contributed by atoms with Gasteiger partial charge in [-0.15, -0.1) is 0 Å². The van der Waals surface area contributed by atoms with E-state index in [9.17, 15) is 37.2 Å². The van der Waals surface area contributed by atoms with Crippen molar-refractivity contribution in [1.29, 1.82) is 0 Å². The number of aromatic nitrogens is 6. The summed E-state index contributed by atoms with van der Waals surface area (Å²) in [5.74, 6) is 0.692. The van der Waals surface area contributed by atoms with Crippen LogP contribution >= 0.6 is 0 Å². The molecule has 0 atom stereocenters. The van der Waals surface area contributed by atoms with Crippen LogP contribution in [0.1, 0.15) is 212 Å². The molecule has 6 aromatic carbocycles. The van der Waals surface area contributed by atoms with Gasteiger partial charge in [0.25, 0.3) is 5.56 Å². The SMILES string of the molecule is C.CC(C)(C)C(=O)c1ccc2nonc2c1.CC(C)(C)C(=O)c1nc2ccccc2[nH]c1=O.CC(C)C(=O)CCCCCN1C(=CC=CC=CC2=[N+](C)c3ccccc3C2(C)C)C(C)(C)c2ccccc21.CC(C)C(=O)CCOCCOCCOCCOCCOCCOCCOCCOCCCS(=O)(=O)c1ccc(N=Nc2ccc(N(C)C)cc2)cc1.Cc1cc(C(=O)C(C)(C)C)n[nH]1.[Cl-]. The number of H-pyrrole nitrogens is 2. The van der Waals surface area contributed by atoms with E-state index in [1.807, 2.05) is 132 Å². The molecule has 136 heavy (non-hydrogen) atoms. The second-order valence-corrected chi connectivity index (χ2v) is 39.8. The average Bonchev–Trinajstić information content (AvgIpc) is 1.62. The lowest BCUT2D eigenvalue weighted by atomic mass is 9.81. The largest absolute Gasteiger partial charge is 1.00 e. The highest BCUT2D eigenvalue weighted by molar-refractivity contribution is 7.91. The Balaban J connectivity index is 0.000000334. The summed E-state index contributed by atoms with van der Waals surface area (Å²) in [7, 11) is 2.67. The Morgan fingerprint density at radius 1 is 0.537 bits per heavy atom. The molecule has 0 radical (unpaired) electrons. The first-order chi connectivity index (χ1) is 63.5. The van der Waals surface area contributed by atoms with Crippen LogP contribution in [0.15, 0.2) is 206 Å². The molecule has 0 saturated heterocycles. The van der Waals surface area contributed by atoms with Crippen molar-refractivity contribution in [3.8, 4) is 0 Å². The van der Waals surface area contributed by atoms with Crippen molar-refractivity contribution in [2.24, 2.45) is 38.3 Å². The Hall–Kier alpha value is -10.6. The molecule has 30 heteroatoms. The number of benzene rings is 6. The number of carbonyl (C=O) groups is 5. The molecule has 0 amide bonds. The van der Waals surface area contributed by atoms with Crippen molar-refractivity contribution in [3.63, 3.8) is 0 Å². The summed E-state index contributed by atoms with van der Waals surface area (Å²) in [5.41, 5.74) is 13.1. The number of anilines is 2. The first-order valence-corrected chi connectivity index (χ1v) is 47.9. The van der Waals surface area contributed by atoms with Gasteiger partial charge < -0.3 is 65.1 Å². The van der Waals surface area contributed by atoms with E-state index in [1.54, 1.807) is 81.4 Å². The summed E-state index contributed by atoms with van der Waals surface area (Å²) in [6.45, 7) is 43.6. The van der Waals surface area contributed by atoms with Gasteiger partial charge in [0.15, 0.2) is 38.6 Å². The van der Waals surface area contributed by atoms with Crippen LogP contribution in [0.2, 0.25) is 0 Å². The van der Waals surface area contributed by atoms with Gasteiger partial charge in [-0.2, -0.15) is 19.9 Å². The number of aromatic amines is 2. The molecule has 5 heterocycles. The Kier molecular flexibility index (Phi) is 48.6. The van der Waals surface area contributed by atoms with Crippen molar-refractivity contribution in [2.45, 2.75) is 186 Å². The first-order valence-electron chi connectivity index (χ1n) is 46.2. The lowest BCUT2D eigenvalue weighted by Gasteiger charge is -2.27. The molecule has 3 aromatic heterocycles. The minimum atomic E-state index is -3.43. The number of Topliss-reactive ketones (excluding diaryl/α,β-unsaturated/α-hetero) is 5. The molecule has 0 spiro atoms. The summed E-state index contributed by atoms with van der Waals surface area (Å²) in [4.78, 5) is 82.4. The summed E-state index contributed by atoms with van der Waals surface area (Å²) < 4.78 is 75.9. The third-order valence-corrected chi connectivity index (χ3v) is 23.8. The zero-order chi connectivity index (χ0) is 98.2. The molecule has 9 aromatic rings. The molecule has 2 aliphatic heterocycles.